The summed E-state index contributed by atoms with van der Waals surface area (Å²) in [6.45, 7) is 7.09. The minimum atomic E-state index is -0.509. The number of amides is 2. The summed E-state index contributed by atoms with van der Waals surface area (Å²) < 4.78 is 18.7. The molecule has 0 unspecified atom stereocenters. The van der Waals surface area contributed by atoms with E-state index in [1.165, 1.54) is 0 Å². The fourth-order valence-corrected chi connectivity index (χ4v) is 5.24. The third-order valence-corrected chi connectivity index (χ3v) is 7.39. The first-order valence-electron chi connectivity index (χ1n) is 14.1. The van der Waals surface area contributed by atoms with E-state index in [2.05, 4.69) is 45.9 Å². The number of aliphatic hydroxyl groups excluding tert-OH is 1. The Morgan fingerprint density at radius 3 is 2.40 bits per heavy atom. The molecule has 8 nitrogen and oxygen atoms in total. The number of rotatable bonds is 9. The fourth-order valence-electron chi connectivity index (χ4n) is 5.24. The van der Waals surface area contributed by atoms with Crippen LogP contribution in [0.5, 0.6) is 0 Å². The van der Waals surface area contributed by atoms with Gasteiger partial charge in [0.2, 0.25) is 0 Å². The molecular formula is C32H39N3O5. The minimum Gasteiger partial charge on any atom is -0.392 e. The molecule has 8 heteroatoms. The van der Waals surface area contributed by atoms with E-state index in [1.807, 2.05) is 49.4 Å². The normalized spacial score (nSPS) is 21.6. The van der Waals surface area contributed by atoms with Gasteiger partial charge in [0, 0.05) is 44.7 Å². The van der Waals surface area contributed by atoms with Crippen molar-refractivity contribution < 1.29 is 24.1 Å². The number of ether oxygens (including phenoxy) is 3. The Bertz CT molecular complexity index is 1250. The Morgan fingerprint density at radius 2 is 1.65 bits per heavy atom. The Kier molecular flexibility index (Phi) is 9.81. The topological polar surface area (TPSA) is 92.3 Å². The summed E-state index contributed by atoms with van der Waals surface area (Å²) >= 11 is 0. The average molecular weight is 546 g/mol. The van der Waals surface area contributed by atoms with Gasteiger partial charge in [-0.05, 0) is 46.9 Å². The van der Waals surface area contributed by atoms with Crippen LogP contribution in [0.25, 0.3) is 11.1 Å². The Balaban J connectivity index is 1.35. The van der Waals surface area contributed by atoms with E-state index >= 15 is 0 Å². The van der Waals surface area contributed by atoms with E-state index in [0.29, 0.717) is 13.1 Å². The molecule has 2 aliphatic rings. The van der Waals surface area contributed by atoms with Crippen LogP contribution in [0.2, 0.25) is 0 Å². The molecule has 5 rings (SSSR count). The van der Waals surface area contributed by atoms with Gasteiger partial charge in [0.1, 0.15) is 0 Å². The number of carbonyl (C=O) groups is 1. The lowest BCUT2D eigenvalue weighted by molar-refractivity contribution is -0.253. The second-order valence-corrected chi connectivity index (χ2v) is 10.3. The second-order valence-electron chi connectivity index (χ2n) is 10.3. The molecular weight excluding hydrogens is 506 g/mol. The van der Waals surface area contributed by atoms with Gasteiger partial charge in [-0.2, -0.15) is 0 Å². The highest BCUT2D eigenvalue weighted by Gasteiger charge is 2.33. The van der Waals surface area contributed by atoms with Gasteiger partial charge < -0.3 is 30.0 Å². The van der Waals surface area contributed by atoms with E-state index in [0.717, 1.165) is 72.6 Å². The minimum absolute atomic E-state index is 0.00620. The van der Waals surface area contributed by atoms with E-state index in [1.54, 1.807) is 0 Å². The lowest BCUT2D eigenvalue weighted by Gasteiger charge is -2.39. The van der Waals surface area contributed by atoms with Gasteiger partial charge in [-0.1, -0.05) is 60.7 Å². The third-order valence-electron chi connectivity index (χ3n) is 7.39. The quantitative estimate of drug-likeness (QED) is 0.366. The van der Waals surface area contributed by atoms with Gasteiger partial charge in [-0.25, -0.2) is 4.79 Å². The summed E-state index contributed by atoms with van der Waals surface area (Å²) in [5.41, 5.74) is 6.08. The molecule has 3 aromatic rings. The molecule has 0 aromatic heterocycles. The highest BCUT2D eigenvalue weighted by atomic mass is 16.7. The zero-order chi connectivity index (χ0) is 27.7. The van der Waals surface area contributed by atoms with Crippen LogP contribution in [0, 0.1) is 0 Å². The van der Waals surface area contributed by atoms with E-state index in [-0.39, 0.29) is 24.8 Å². The number of morpholine rings is 1. The Labute approximate surface area is 236 Å². The maximum atomic E-state index is 11.8. The molecule has 3 aromatic carbocycles. The number of hydrogen-bond acceptors (Lipinski definition) is 6. The summed E-state index contributed by atoms with van der Waals surface area (Å²) in [7, 11) is 0. The predicted molar refractivity (Wildman–Crippen MR) is 153 cm³/mol. The van der Waals surface area contributed by atoms with Crippen molar-refractivity contribution >= 4 is 6.03 Å². The SMILES string of the molecule is CCNC(=O)NCc1cccc(-c2cccc([C@@H]3O[C@H](CN4CCOCC4)C[C@H](c4ccc(CO)cc4)O3)c2)c1. The van der Waals surface area contributed by atoms with Crippen LogP contribution in [0.1, 0.15) is 48.0 Å². The van der Waals surface area contributed by atoms with Gasteiger partial charge in [0.05, 0.1) is 32.0 Å². The summed E-state index contributed by atoms with van der Waals surface area (Å²) in [4.78, 5) is 14.2. The summed E-state index contributed by atoms with van der Waals surface area (Å²) in [5.74, 6) is 0. The first-order chi connectivity index (χ1) is 19.6. The Hall–Kier alpha value is -3.27. The number of urea groups is 1. The molecule has 2 aliphatic heterocycles. The van der Waals surface area contributed by atoms with Crippen molar-refractivity contribution in [2.24, 2.45) is 0 Å². The monoisotopic (exact) mass is 545 g/mol. The van der Waals surface area contributed by atoms with Crippen molar-refractivity contribution in [3.63, 3.8) is 0 Å². The smallest absolute Gasteiger partial charge is 0.315 e. The van der Waals surface area contributed by atoms with Crippen LogP contribution in [-0.4, -0.2) is 61.5 Å². The standard InChI is InChI=1S/C32H39N3O5/c1-2-33-32(37)34-20-24-5-3-6-26(17-24)27-7-4-8-28(18-27)31-39-29(21-35-13-15-38-16-14-35)19-30(40-31)25-11-9-23(22-36)10-12-25/h3-12,17-18,29-31,36H,2,13-16,19-22H2,1H3,(H2,33,34,37)/t29-,30+,31+/m0/s1. The number of nitrogens with zero attached hydrogens (tertiary/aromatic N) is 1. The molecule has 0 spiro atoms. The molecule has 0 saturated carbocycles. The maximum Gasteiger partial charge on any atom is 0.315 e. The van der Waals surface area contributed by atoms with Crippen molar-refractivity contribution in [2.45, 2.75) is 45.0 Å². The largest absolute Gasteiger partial charge is 0.392 e. The van der Waals surface area contributed by atoms with Crippen molar-refractivity contribution in [2.75, 3.05) is 39.4 Å². The first kappa shape index (κ1) is 28.3. The van der Waals surface area contributed by atoms with E-state index in [4.69, 9.17) is 14.2 Å². The van der Waals surface area contributed by atoms with Crippen molar-refractivity contribution in [3.8, 4) is 11.1 Å². The van der Waals surface area contributed by atoms with Crippen molar-refractivity contribution in [1.29, 1.82) is 0 Å². The number of carbonyl (C=O) groups excluding carboxylic acids is 1. The van der Waals surface area contributed by atoms with Crippen molar-refractivity contribution in [3.05, 3.63) is 95.1 Å². The zero-order valence-corrected chi connectivity index (χ0v) is 23.1. The maximum absolute atomic E-state index is 11.8. The highest BCUT2D eigenvalue weighted by molar-refractivity contribution is 5.74. The fraction of sp³-hybridized carbons (Fsp3) is 0.406. The second kappa shape index (κ2) is 13.9. The number of aliphatic hydroxyl groups is 1. The van der Waals surface area contributed by atoms with Gasteiger partial charge >= 0.3 is 6.03 Å². The van der Waals surface area contributed by atoms with Crippen LogP contribution in [0.3, 0.4) is 0 Å². The molecule has 2 fully saturated rings. The highest BCUT2D eigenvalue weighted by Crippen LogP contribution is 2.39. The predicted octanol–water partition coefficient (Wildman–Crippen LogP) is 4.54. The van der Waals surface area contributed by atoms with Gasteiger partial charge in [0.15, 0.2) is 6.29 Å². The molecule has 40 heavy (non-hydrogen) atoms. The van der Waals surface area contributed by atoms with Crippen molar-refractivity contribution in [1.82, 2.24) is 15.5 Å². The first-order valence-corrected chi connectivity index (χ1v) is 14.1. The number of benzene rings is 3. The number of nitrogens with one attached hydrogen (secondary N) is 2. The molecule has 2 amide bonds. The van der Waals surface area contributed by atoms with Gasteiger partial charge in [-0.3, -0.25) is 4.90 Å². The number of hydrogen-bond donors (Lipinski definition) is 3. The van der Waals surface area contributed by atoms with Crippen LogP contribution in [-0.2, 0) is 27.4 Å². The lowest BCUT2D eigenvalue weighted by atomic mass is 9.98. The van der Waals surface area contributed by atoms with Crippen LogP contribution in [0.4, 0.5) is 4.79 Å². The average Bonchev–Trinajstić information content (AvgIpc) is 3.01. The summed E-state index contributed by atoms with van der Waals surface area (Å²) in [5, 5.41) is 15.1. The van der Waals surface area contributed by atoms with Gasteiger partial charge in [-0.15, -0.1) is 0 Å². The van der Waals surface area contributed by atoms with Crippen LogP contribution >= 0.6 is 0 Å². The zero-order valence-electron chi connectivity index (χ0n) is 23.1. The molecule has 2 saturated heterocycles. The molecule has 3 atom stereocenters. The van der Waals surface area contributed by atoms with Crippen LogP contribution < -0.4 is 10.6 Å². The lowest BCUT2D eigenvalue weighted by Crippen LogP contribution is -2.44. The van der Waals surface area contributed by atoms with E-state index in [9.17, 15) is 9.90 Å². The third kappa shape index (κ3) is 7.47. The Morgan fingerprint density at radius 1 is 0.900 bits per heavy atom. The molecule has 3 N–H and O–H groups in total. The van der Waals surface area contributed by atoms with Crippen LogP contribution in [0.15, 0.2) is 72.8 Å². The molecule has 2 heterocycles. The molecule has 0 bridgehead atoms. The van der Waals surface area contributed by atoms with Gasteiger partial charge in [0.25, 0.3) is 0 Å². The molecule has 0 aliphatic carbocycles. The van der Waals surface area contributed by atoms with E-state index < -0.39 is 6.29 Å². The molecule has 212 valence electrons. The molecule has 0 radical (unpaired) electrons. The summed E-state index contributed by atoms with van der Waals surface area (Å²) in [6, 6.07) is 24.3. The summed E-state index contributed by atoms with van der Waals surface area (Å²) in [6.07, 6.45) is 0.133.